The van der Waals surface area contributed by atoms with Gasteiger partial charge in [0.2, 0.25) is 0 Å². The highest BCUT2D eigenvalue weighted by Crippen LogP contribution is 2.47. The normalized spacial score (nSPS) is 16.3. The predicted molar refractivity (Wildman–Crippen MR) is 62.3 cm³/mol. The maximum atomic E-state index is 11.4. The van der Waals surface area contributed by atoms with Crippen molar-refractivity contribution in [2.75, 3.05) is 7.11 Å². The molecule has 0 aromatic heterocycles. The summed E-state index contributed by atoms with van der Waals surface area (Å²) in [4.78, 5) is 11.4. The van der Waals surface area contributed by atoms with E-state index in [9.17, 15) is 4.79 Å². The molecule has 1 aromatic rings. The molecule has 0 heterocycles. The minimum absolute atomic E-state index is 0.0700. The van der Waals surface area contributed by atoms with E-state index >= 15 is 0 Å². The zero-order valence-corrected chi connectivity index (χ0v) is 9.54. The molecule has 16 heavy (non-hydrogen) atoms. The van der Waals surface area contributed by atoms with Crippen LogP contribution in [0.4, 0.5) is 0 Å². The molecular formula is C14H14O2. The number of methoxy groups -OCH3 is 1. The van der Waals surface area contributed by atoms with Crippen LogP contribution in [-0.2, 0) is 10.2 Å². The Kier molecular flexibility index (Phi) is 2.47. The van der Waals surface area contributed by atoms with Gasteiger partial charge in [0.15, 0.2) is 0 Å². The smallest absolute Gasteiger partial charge is 0.338 e. The van der Waals surface area contributed by atoms with E-state index in [1.807, 2.05) is 19.1 Å². The van der Waals surface area contributed by atoms with E-state index in [1.165, 1.54) is 7.11 Å². The molecule has 1 aromatic carbocycles. The molecular weight excluding hydrogens is 200 g/mol. The Labute approximate surface area is 95.6 Å². The zero-order valence-electron chi connectivity index (χ0n) is 9.54. The second-order valence-corrected chi connectivity index (χ2v) is 4.25. The van der Waals surface area contributed by atoms with Crippen molar-refractivity contribution in [3.05, 3.63) is 34.9 Å². The summed E-state index contributed by atoms with van der Waals surface area (Å²) in [6.45, 7) is 1.91. The van der Waals surface area contributed by atoms with E-state index < -0.39 is 0 Å². The highest BCUT2D eigenvalue weighted by atomic mass is 16.5. The number of rotatable bonds is 2. The number of esters is 1. The van der Waals surface area contributed by atoms with Crippen LogP contribution in [0.1, 0.15) is 34.3 Å². The molecule has 0 bridgehead atoms. The van der Waals surface area contributed by atoms with Gasteiger partial charge in [0.05, 0.1) is 18.1 Å². The highest BCUT2D eigenvalue weighted by Gasteiger charge is 2.42. The first-order valence-electron chi connectivity index (χ1n) is 5.30. The molecule has 2 rings (SSSR count). The van der Waals surface area contributed by atoms with Crippen LogP contribution in [0, 0.1) is 19.3 Å². The number of terminal acetylenes is 1. The first kappa shape index (κ1) is 10.8. The molecule has 2 nitrogen and oxygen atoms in total. The van der Waals surface area contributed by atoms with Gasteiger partial charge in [-0.1, -0.05) is 18.1 Å². The van der Waals surface area contributed by atoms with Gasteiger partial charge in [-0.3, -0.25) is 0 Å². The lowest BCUT2D eigenvalue weighted by molar-refractivity contribution is 0.0600. The number of carbonyl (C=O) groups is 1. The predicted octanol–water partition coefficient (Wildman–Crippen LogP) is 2.45. The Bertz CT molecular complexity index is 476. The van der Waals surface area contributed by atoms with Gasteiger partial charge in [-0.25, -0.2) is 4.79 Å². The van der Waals surface area contributed by atoms with Crippen LogP contribution in [-0.4, -0.2) is 13.1 Å². The molecule has 0 atom stereocenters. The molecule has 0 unspecified atom stereocenters. The molecule has 1 aliphatic rings. The zero-order chi connectivity index (χ0) is 11.8. The van der Waals surface area contributed by atoms with Gasteiger partial charge in [0, 0.05) is 0 Å². The summed E-state index contributed by atoms with van der Waals surface area (Å²) in [7, 11) is 1.39. The molecule has 0 aliphatic heterocycles. The van der Waals surface area contributed by atoms with Crippen molar-refractivity contribution in [2.24, 2.45) is 0 Å². The second kappa shape index (κ2) is 3.68. The van der Waals surface area contributed by atoms with Crippen LogP contribution in [0.3, 0.4) is 0 Å². The third-order valence-electron chi connectivity index (χ3n) is 3.21. The fourth-order valence-corrected chi connectivity index (χ4v) is 1.94. The minimum Gasteiger partial charge on any atom is -0.465 e. The monoisotopic (exact) mass is 214 g/mol. The Hall–Kier alpha value is -1.75. The fraction of sp³-hybridized carbons (Fsp3) is 0.357. The van der Waals surface area contributed by atoms with E-state index in [1.54, 1.807) is 6.07 Å². The molecule has 1 aliphatic carbocycles. The Morgan fingerprint density at radius 3 is 2.62 bits per heavy atom. The van der Waals surface area contributed by atoms with Crippen LogP contribution < -0.4 is 0 Å². The van der Waals surface area contributed by atoms with Gasteiger partial charge < -0.3 is 4.74 Å². The standard InChI is InChI=1S/C14H14O2/c1-4-14(7-8-14)11-5-6-12(10(2)9-11)13(15)16-3/h1,5-6,9H,7-8H2,2-3H3. The topological polar surface area (TPSA) is 26.3 Å². The van der Waals surface area contributed by atoms with Crippen LogP contribution >= 0.6 is 0 Å². The van der Waals surface area contributed by atoms with Crippen molar-refractivity contribution < 1.29 is 9.53 Å². The summed E-state index contributed by atoms with van der Waals surface area (Å²) in [5.41, 5.74) is 2.60. The number of ether oxygens (including phenoxy) is 1. The van der Waals surface area contributed by atoms with Crippen molar-refractivity contribution in [3.63, 3.8) is 0 Å². The minimum atomic E-state index is -0.297. The summed E-state index contributed by atoms with van der Waals surface area (Å²) in [6.07, 6.45) is 7.62. The van der Waals surface area contributed by atoms with Crippen LogP contribution in [0.5, 0.6) is 0 Å². The van der Waals surface area contributed by atoms with Gasteiger partial charge in [-0.2, -0.15) is 0 Å². The SMILES string of the molecule is C#CC1(c2ccc(C(=O)OC)c(C)c2)CC1. The average molecular weight is 214 g/mol. The summed E-state index contributed by atoms with van der Waals surface area (Å²) < 4.78 is 4.71. The summed E-state index contributed by atoms with van der Waals surface area (Å²) in [5.74, 6) is 2.55. The van der Waals surface area contributed by atoms with Gasteiger partial charge in [0.25, 0.3) is 0 Å². The van der Waals surface area contributed by atoms with Crippen LogP contribution in [0.15, 0.2) is 18.2 Å². The number of benzene rings is 1. The van der Waals surface area contributed by atoms with Gasteiger partial charge in [-0.05, 0) is 37.0 Å². The molecule has 0 spiro atoms. The molecule has 0 amide bonds. The lowest BCUT2D eigenvalue weighted by Crippen LogP contribution is -2.07. The maximum absolute atomic E-state index is 11.4. The lowest BCUT2D eigenvalue weighted by Gasteiger charge is -2.11. The first-order valence-corrected chi connectivity index (χ1v) is 5.30. The van der Waals surface area contributed by atoms with E-state index in [4.69, 9.17) is 11.2 Å². The molecule has 1 saturated carbocycles. The summed E-state index contributed by atoms with van der Waals surface area (Å²) in [5, 5.41) is 0. The van der Waals surface area contributed by atoms with Crippen molar-refractivity contribution in [3.8, 4) is 12.3 Å². The molecule has 1 fully saturated rings. The largest absolute Gasteiger partial charge is 0.465 e. The van der Waals surface area contributed by atoms with Crippen molar-refractivity contribution >= 4 is 5.97 Å². The Morgan fingerprint density at radius 1 is 1.50 bits per heavy atom. The van der Waals surface area contributed by atoms with E-state index in [0.29, 0.717) is 5.56 Å². The van der Waals surface area contributed by atoms with Gasteiger partial charge in [0.1, 0.15) is 0 Å². The molecule has 0 radical (unpaired) electrons. The third kappa shape index (κ3) is 1.59. The number of aryl methyl sites for hydroxylation is 1. The molecule has 0 N–H and O–H groups in total. The van der Waals surface area contributed by atoms with Crippen molar-refractivity contribution in [1.82, 2.24) is 0 Å². The number of hydrogen-bond donors (Lipinski definition) is 0. The van der Waals surface area contributed by atoms with Crippen LogP contribution in [0.25, 0.3) is 0 Å². The quantitative estimate of drug-likeness (QED) is 0.558. The maximum Gasteiger partial charge on any atom is 0.338 e. The van der Waals surface area contributed by atoms with Crippen LogP contribution in [0.2, 0.25) is 0 Å². The van der Waals surface area contributed by atoms with E-state index in [0.717, 1.165) is 24.0 Å². The average Bonchev–Trinajstić information content (AvgIpc) is 3.09. The summed E-state index contributed by atoms with van der Waals surface area (Å²) >= 11 is 0. The number of hydrogen-bond acceptors (Lipinski definition) is 2. The highest BCUT2D eigenvalue weighted by molar-refractivity contribution is 5.91. The molecule has 82 valence electrons. The van der Waals surface area contributed by atoms with E-state index in [2.05, 4.69) is 5.92 Å². The number of carbonyl (C=O) groups excluding carboxylic acids is 1. The third-order valence-corrected chi connectivity index (χ3v) is 3.21. The molecule has 2 heteroatoms. The van der Waals surface area contributed by atoms with Gasteiger partial charge >= 0.3 is 5.97 Å². The van der Waals surface area contributed by atoms with Crippen molar-refractivity contribution in [2.45, 2.75) is 25.2 Å². The van der Waals surface area contributed by atoms with Crippen molar-refractivity contribution in [1.29, 1.82) is 0 Å². The Morgan fingerprint density at radius 2 is 2.19 bits per heavy atom. The van der Waals surface area contributed by atoms with E-state index in [-0.39, 0.29) is 11.4 Å². The second-order valence-electron chi connectivity index (χ2n) is 4.25. The Balaban J connectivity index is 2.38. The van der Waals surface area contributed by atoms with Gasteiger partial charge in [-0.15, -0.1) is 6.42 Å². The summed E-state index contributed by atoms with van der Waals surface area (Å²) in [6, 6.07) is 5.74. The fourth-order valence-electron chi connectivity index (χ4n) is 1.94. The first-order chi connectivity index (χ1) is 7.63. The molecule has 0 saturated heterocycles. The lowest BCUT2D eigenvalue weighted by atomic mass is 9.93.